The minimum absolute atomic E-state index is 0.0644. The monoisotopic (exact) mass is 356 g/mol. The predicted octanol–water partition coefficient (Wildman–Crippen LogP) is 2.07. The fourth-order valence-electron chi connectivity index (χ4n) is 4.61. The van der Waals surface area contributed by atoms with Gasteiger partial charge in [-0.2, -0.15) is 0 Å². The smallest absolute Gasteiger partial charge is 0.227 e. The fourth-order valence-corrected chi connectivity index (χ4v) is 5.64. The lowest BCUT2D eigenvalue weighted by Crippen LogP contribution is -2.47. The highest BCUT2D eigenvalue weighted by Gasteiger charge is 2.42. The lowest BCUT2D eigenvalue weighted by Gasteiger charge is -2.33. The van der Waals surface area contributed by atoms with Crippen LogP contribution in [-0.2, 0) is 14.6 Å². The molecule has 0 N–H and O–H groups in total. The highest BCUT2D eigenvalue weighted by Crippen LogP contribution is 2.34. The van der Waals surface area contributed by atoms with Crippen molar-refractivity contribution in [2.75, 3.05) is 25.1 Å². The van der Waals surface area contributed by atoms with E-state index in [0.717, 1.165) is 32.4 Å². The SMILES string of the molecule is CC(CS(C)(=O)=O)N(C(=O)C1CCN(C2CCCCC2)C1)C1CC1. The number of rotatable bonds is 6. The molecule has 0 radical (unpaired) electrons. The van der Waals surface area contributed by atoms with Crippen LogP contribution in [0.25, 0.3) is 0 Å². The second kappa shape index (κ2) is 7.32. The number of hydrogen-bond acceptors (Lipinski definition) is 4. The van der Waals surface area contributed by atoms with E-state index in [1.165, 1.54) is 38.4 Å². The van der Waals surface area contributed by atoms with Gasteiger partial charge in [0.1, 0.15) is 9.84 Å². The first-order chi connectivity index (χ1) is 11.3. The van der Waals surface area contributed by atoms with Crippen molar-refractivity contribution >= 4 is 15.7 Å². The van der Waals surface area contributed by atoms with Gasteiger partial charge in [0.25, 0.3) is 0 Å². The van der Waals surface area contributed by atoms with Crippen LogP contribution in [0.5, 0.6) is 0 Å². The summed E-state index contributed by atoms with van der Waals surface area (Å²) in [6.45, 7) is 3.80. The summed E-state index contributed by atoms with van der Waals surface area (Å²) in [6.07, 6.45) is 10.8. The molecule has 6 heteroatoms. The molecule has 1 amide bonds. The van der Waals surface area contributed by atoms with E-state index in [0.29, 0.717) is 6.04 Å². The Bertz CT molecular complexity index is 553. The molecule has 2 aliphatic carbocycles. The first-order valence-corrected chi connectivity index (χ1v) is 11.6. The first kappa shape index (κ1) is 18.2. The van der Waals surface area contributed by atoms with Crippen molar-refractivity contribution in [3.63, 3.8) is 0 Å². The van der Waals surface area contributed by atoms with Crippen molar-refractivity contribution < 1.29 is 13.2 Å². The van der Waals surface area contributed by atoms with Crippen molar-refractivity contribution in [1.29, 1.82) is 0 Å². The molecular formula is C18H32N2O3S. The number of carbonyl (C=O) groups is 1. The molecule has 138 valence electrons. The third-order valence-electron chi connectivity index (χ3n) is 5.87. The van der Waals surface area contributed by atoms with Crippen LogP contribution in [0.2, 0.25) is 0 Å². The first-order valence-electron chi connectivity index (χ1n) is 9.59. The molecule has 3 fully saturated rings. The van der Waals surface area contributed by atoms with Crippen LogP contribution in [0.1, 0.15) is 58.3 Å². The number of nitrogens with zero attached hydrogens (tertiary/aromatic N) is 2. The van der Waals surface area contributed by atoms with Gasteiger partial charge in [0.2, 0.25) is 5.91 Å². The maximum absolute atomic E-state index is 13.1. The Kier molecular flexibility index (Phi) is 5.55. The number of likely N-dealkylation sites (tertiary alicyclic amines) is 1. The van der Waals surface area contributed by atoms with Gasteiger partial charge in [-0.15, -0.1) is 0 Å². The minimum Gasteiger partial charge on any atom is -0.336 e. The third-order valence-corrected chi connectivity index (χ3v) is 6.96. The van der Waals surface area contributed by atoms with E-state index >= 15 is 0 Å². The molecule has 0 aromatic rings. The molecule has 3 rings (SSSR count). The third kappa shape index (κ3) is 4.51. The summed E-state index contributed by atoms with van der Waals surface area (Å²) in [6, 6.07) is 0.737. The molecule has 1 aliphatic heterocycles. The van der Waals surface area contributed by atoms with Gasteiger partial charge in [-0.1, -0.05) is 19.3 Å². The average Bonchev–Trinajstić information content (AvgIpc) is 3.21. The molecule has 1 heterocycles. The Labute approximate surface area is 146 Å². The van der Waals surface area contributed by atoms with Gasteiger partial charge >= 0.3 is 0 Å². The van der Waals surface area contributed by atoms with Gasteiger partial charge in [0, 0.05) is 30.9 Å². The zero-order valence-electron chi connectivity index (χ0n) is 15.1. The quantitative estimate of drug-likeness (QED) is 0.731. The second-order valence-corrected chi connectivity index (χ2v) is 10.4. The highest BCUT2D eigenvalue weighted by atomic mass is 32.2. The van der Waals surface area contributed by atoms with Gasteiger partial charge in [-0.3, -0.25) is 9.69 Å². The van der Waals surface area contributed by atoms with E-state index in [2.05, 4.69) is 4.90 Å². The highest BCUT2D eigenvalue weighted by molar-refractivity contribution is 7.90. The lowest BCUT2D eigenvalue weighted by atomic mass is 9.94. The topological polar surface area (TPSA) is 57.7 Å². The van der Waals surface area contributed by atoms with Crippen LogP contribution in [0.15, 0.2) is 0 Å². The maximum Gasteiger partial charge on any atom is 0.227 e. The summed E-state index contributed by atoms with van der Waals surface area (Å²) in [7, 11) is -3.06. The van der Waals surface area contributed by atoms with Gasteiger partial charge in [-0.25, -0.2) is 8.42 Å². The largest absolute Gasteiger partial charge is 0.336 e. The number of sulfone groups is 1. The van der Waals surface area contributed by atoms with Crippen molar-refractivity contribution in [3.8, 4) is 0 Å². The van der Waals surface area contributed by atoms with Crippen LogP contribution in [-0.4, -0.2) is 67.3 Å². The molecule has 0 aromatic heterocycles. The van der Waals surface area contributed by atoms with E-state index in [-0.39, 0.29) is 29.7 Å². The summed E-state index contributed by atoms with van der Waals surface area (Å²) in [5.41, 5.74) is 0. The molecule has 5 nitrogen and oxygen atoms in total. The summed E-state index contributed by atoms with van der Waals surface area (Å²) in [5, 5.41) is 0. The molecule has 3 aliphatic rings. The summed E-state index contributed by atoms with van der Waals surface area (Å²) >= 11 is 0. The van der Waals surface area contributed by atoms with E-state index in [4.69, 9.17) is 0 Å². The minimum atomic E-state index is -3.06. The number of hydrogen-bond donors (Lipinski definition) is 0. The van der Waals surface area contributed by atoms with Crippen molar-refractivity contribution in [3.05, 3.63) is 0 Å². The zero-order chi connectivity index (χ0) is 17.3. The van der Waals surface area contributed by atoms with E-state index in [1.807, 2.05) is 11.8 Å². The molecule has 2 saturated carbocycles. The number of amides is 1. The Hall–Kier alpha value is -0.620. The second-order valence-electron chi connectivity index (χ2n) is 8.19. The fraction of sp³-hybridized carbons (Fsp3) is 0.944. The van der Waals surface area contributed by atoms with Crippen molar-refractivity contribution in [1.82, 2.24) is 9.80 Å². The normalized spacial score (nSPS) is 28.0. The van der Waals surface area contributed by atoms with E-state index in [9.17, 15) is 13.2 Å². The molecule has 0 aromatic carbocycles. The van der Waals surface area contributed by atoms with Crippen LogP contribution >= 0.6 is 0 Å². The van der Waals surface area contributed by atoms with Gasteiger partial charge in [0.15, 0.2) is 0 Å². The van der Waals surface area contributed by atoms with Crippen LogP contribution < -0.4 is 0 Å². The summed E-state index contributed by atoms with van der Waals surface area (Å²) < 4.78 is 23.3. The van der Waals surface area contributed by atoms with Crippen molar-refractivity contribution in [2.45, 2.75) is 76.4 Å². The summed E-state index contributed by atoms with van der Waals surface area (Å²) in [5.74, 6) is 0.343. The van der Waals surface area contributed by atoms with Gasteiger partial charge in [-0.05, 0) is 45.6 Å². The van der Waals surface area contributed by atoms with Gasteiger partial charge < -0.3 is 4.90 Å². The van der Waals surface area contributed by atoms with E-state index < -0.39 is 9.84 Å². The Morgan fingerprint density at radius 3 is 2.38 bits per heavy atom. The number of carbonyl (C=O) groups excluding carboxylic acids is 1. The Morgan fingerprint density at radius 1 is 1.12 bits per heavy atom. The molecular weight excluding hydrogens is 324 g/mol. The van der Waals surface area contributed by atoms with Crippen LogP contribution in [0.4, 0.5) is 0 Å². The Morgan fingerprint density at radius 2 is 1.79 bits per heavy atom. The molecule has 0 spiro atoms. The molecule has 2 unspecified atom stereocenters. The maximum atomic E-state index is 13.1. The molecule has 1 saturated heterocycles. The average molecular weight is 357 g/mol. The standard InChI is InChI=1S/C18H32N2O3S/c1-14(13-24(2,22)23)20(17-8-9-17)18(21)15-10-11-19(12-15)16-6-4-3-5-7-16/h14-17H,3-13H2,1-2H3. The van der Waals surface area contributed by atoms with Crippen LogP contribution in [0, 0.1) is 5.92 Å². The van der Waals surface area contributed by atoms with E-state index in [1.54, 1.807) is 0 Å². The Balaban J connectivity index is 1.61. The zero-order valence-corrected chi connectivity index (χ0v) is 15.9. The molecule has 24 heavy (non-hydrogen) atoms. The lowest BCUT2D eigenvalue weighted by molar-refractivity contribution is -0.137. The van der Waals surface area contributed by atoms with Crippen LogP contribution in [0.3, 0.4) is 0 Å². The van der Waals surface area contributed by atoms with Crippen molar-refractivity contribution in [2.24, 2.45) is 5.92 Å². The van der Waals surface area contributed by atoms with Gasteiger partial charge in [0.05, 0.1) is 11.7 Å². The summed E-state index contributed by atoms with van der Waals surface area (Å²) in [4.78, 5) is 17.5. The molecule has 2 atom stereocenters. The molecule has 0 bridgehead atoms. The predicted molar refractivity (Wildman–Crippen MR) is 95.6 cm³/mol.